The number of imide groups is 1. The van der Waals surface area contributed by atoms with Crippen LogP contribution >= 0.6 is 11.8 Å². The molecule has 0 unspecified atom stereocenters. The largest absolute Gasteiger partial charge is 0.462 e. The van der Waals surface area contributed by atoms with Gasteiger partial charge in [0.25, 0.3) is 11.8 Å². The number of amides is 2. The molecule has 0 radical (unpaired) electrons. The van der Waals surface area contributed by atoms with Crippen molar-refractivity contribution in [1.29, 1.82) is 0 Å². The van der Waals surface area contributed by atoms with Crippen molar-refractivity contribution in [2.45, 2.75) is 56.4 Å². The predicted octanol–water partition coefficient (Wildman–Crippen LogP) is 5.05. The van der Waals surface area contributed by atoms with Crippen LogP contribution < -0.4 is 10.2 Å². The third-order valence-electron chi connectivity index (χ3n) is 5.76. The summed E-state index contributed by atoms with van der Waals surface area (Å²) in [6.07, 6.45) is 6.01. The van der Waals surface area contributed by atoms with E-state index in [9.17, 15) is 14.4 Å². The Bertz CT molecular complexity index is 1060. The van der Waals surface area contributed by atoms with E-state index in [1.807, 2.05) is 37.3 Å². The van der Waals surface area contributed by atoms with Crippen molar-refractivity contribution >= 4 is 35.2 Å². The van der Waals surface area contributed by atoms with Crippen LogP contribution in [-0.4, -0.2) is 30.4 Å². The fourth-order valence-electron chi connectivity index (χ4n) is 4.12. The number of anilines is 1. The lowest BCUT2D eigenvalue weighted by Crippen LogP contribution is -2.38. The molecule has 172 valence electrons. The van der Waals surface area contributed by atoms with Crippen LogP contribution in [0.15, 0.2) is 70.1 Å². The number of benzene rings is 2. The highest BCUT2D eigenvalue weighted by atomic mass is 32.2. The number of nitrogens with one attached hydrogen (secondary N) is 1. The van der Waals surface area contributed by atoms with Gasteiger partial charge in [-0.15, -0.1) is 0 Å². The second kappa shape index (κ2) is 10.7. The molecule has 0 atom stereocenters. The molecule has 0 spiro atoms. The van der Waals surface area contributed by atoms with Crippen LogP contribution in [0, 0.1) is 0 Å². The number of esters is 1. The fourth-order valence-corrected chi connectivity index (χ4v) is 5.08. The first-order valence-electron chi connectivity index (χ1n) is 11.5. The van der Waals surface area contributed by atoms with Gasteiger partial charge in [-0.25, -0.2) is 9.69 Å². The van der Waals surface area contributed by atoms with Gasteiger partial charge in [0.05, 0.1) is 17.9 Å². The highest BCUT2D eigenvalue weighted by Crippen LogP contribution is 2.38. The number of nitrogens with zero attached hydrogens (tertiary/aromatic N) is 1. The Balaban J connectivity index is 1.69. The van der Waals surface area contributed by atoms with Crippen LogP contribution in [0.2, 0.25) is 0 Å². The second-order valence-corrected chi connectivity index (χ2v) is 9.28. The minimum Gasteiger partial charge on any atom is -0.462 e. The summed E-state index contributed by atoms with van der Waals surface area (Å²) in [5, 5.41) is 3.38. The summed E-state index contributed by atoms with van der Waals surface area (Å²) in [6.45, 7) is 2.18. The van der Waals surface area contributed by atoms with Crippen molar-refractivity contribution in [3.05, 3.63) is 70.8 Å². The third kappa shape index (κ3) is 5.14. The summed E-state index contributed by atoms with van der Waals surface area (Å²) in [7, 11) is 0. The molecule has 1 heterocycles. The van der Waals surface area contributed by atoms with E-state index in [0.29, 0.717) is 17.0 Å². The molecular formula is C26H28N2O4S. The van der Waals surface area contributed by atoms with Gasteiger partial charge in [0.2, 0.25) is 0 Å². The van der Waals surface area contributed by atoms with E-state index in [0.717, 1.165) is 35.5 Å². The first-order valence-corrected chi connectivity index (χ1v) is 12.3. The molecule has 1 saturated carbocycles. The van der Waals surface area contributed by atoms with Crippen molar-refractivity contribution in [3.63, 3.8) is 0 Å². The van der Waals surface area contributed by atoms with E-state index in [1.54, 1.807) is 24.3 Å². The van der Waals surface area contributed by atoms with Gasteiger partial charge in [0, 0.05) is 10.9 Å². The van der Waals surface area contributed by atoms with E-state index in [1.165, 1.54) is 18.2 Å². The Morgan fingerprint density at radius 3 is 2.42 bits per heavy atom. The van der Waals surface area contributed by atoms with Gasteiger partial charge in [-0.05, 0) is 43.5 Å². The van der Waals surface area contributed by atoms with Gasteiger partial charge in [0.15, 0.2) is 0 Å². The Hall–Kier alpha value is -3.06. The van der Waals surface area contributed by atoms with Gasteiger partial charge in [-0.2, -0.15) is 0 Å². The lowest BCUT2D eigenvalue weighted by Gasteiger charge is -2.24. The van der Waals surface area contributed by atoms with Crippen molar-refractivity contribution in [3.8, 4) is 0 Å². The molecule has 1 aliphatic heterocycles. The summed E-state index contributed by atoms with van der Waals surface area (Å²) < 4.78 is 5.30. The SMILES string of the molecule is CCCOC(=O)c1ccccc1N1C(=O)C(NC2CCCCC2)=C(Sc2ccccc2)C1=O. The van der Waals surface area contributed by atoms with Crippen molar-refractivity contribution < 1.29 is 19.1 Å². The number of carbonyl (C=O) groups excluding carboxylic acids is 3. The molecule has 2 aromatic rings. The first-order chi connectivity index (χ1) is 16.1. The van der Waals surface area contributed by atoms with Gasteiger partial charge in [-0.3, -0.25) is 9.59 Å². The van der Waals surface area contributed by atoms with Gasteiger partial charge < -0.3 is 10.1 Å². The lowest BCUT2D eigenvalue weighted by molar-refractivity contribution is -0.120. The van der Waals surface area contributed by atoms with Gasteiger partial charge in [-0.1, -0.05) is 68.3 Å². The standard InChI is InChI=1S/C26H28N2O4S/c1-2-17-32-26(31)20-15-9-10-16-21(20)28-24(29)22(27-18-11-5-3-6-12-18)23(25(28)30)33-19-13-7-4-8-14-19/h4,7-10,13-16,18,27H,2-3,5-6,11-12,17H2,1H3. The fraction of sp³-hybridized carbons (Fsp3) is 0.346. The van der Waals surface area contributed by atoms with E-state index in [4.69, 9.17) is 4.74 Å². The Morgan fingerprint density at radius 2 is 1.70 bits per heavy atom. The van der Waals surface area contributed by atoms with Crippen LogP contribution in [0.4, 0.5) is 5.69 Å². The maximum absolute atomic E-state index is 13.6. The number of ether oxygens (including phenoxy) is 1. The van der Waals surface area contributed by atoms with Crippen LogP contribution in [0.25, 0.3) is 0 Å². The molecule has 1 aliphatic carbocycles. The Morgan fingerprint density at radius 1 is 1.00 bits per heavy atom. The molecule has 6 nitrogen and oxygen atoms in total. The molecule has 2 aliphatic rings. The number of hydrogen-bond donors (Lipinski definition) is 1. The summed E-state index contributed by atoms with van der Waals surface area (Å²) in [5.74, 6) is -1.40. The van der Waals surface area contributed by atoms with E-state index < -0.39 is 17.8 Å². The van der Waals surface area contributed by atoms with Crippen molar-refractivity contribution in [1.82, 2.24) is 5.32 Å². The third-order valence-corrected chi connectivity index (χ3v) is 6.85. The minimum absolute atomic E-state index is 0.154. The number of carbonyl (C=O) groups is 3. The zero-order chi connectivity index (χ0) is 23.2. The first kappa shape index (κ1) is 23.1. The summed E-state index contributed by atoms with van der Waals surface area (Å²) in [6, 6.07) is 16.3. The van der Waals surface area contributed by atoms with Crippen LogP contribution in [0.5, 0.6) is 0 Å². The summed E-state index contributed by atoms with van der Waals surface area (Å²) >= 11 is 1.28. The topological polar surface area (TPSA) is 75.7 Å². The molecular weight excluding hydrogens is 436 g/mol. The molecule has 2 amide bonds. The van der Waals surface area contributed by atoms with Crippen molar-refractivity contribution in [2.75, 3.05) is 11.5 Å². The number of para-hydroxylation sites is 1. The van der Waals surface area contributed by atoms with E-state index in [-0.39, 0.29) is 23.9 Å². The van der Waals surface area contributed by atoms with Gasteiger partial charge >= 0.3 is 5.97 Å². The molecule has 1 fully saturated rings. The highest BCUT2D eigenvalue weighted by molar-refractivity contribution is 8.04. The Labute approximate surface area is 198 Å². The van der Waals surface area contributed by atoms with Gasteiger partial charge in [0.1, 0.15) is 10.6 Å². The smallest absolute Gasteiger partial charge is 0.340 e. The second-order valence-electron chi connectivity index (χ2n) is 8.20. The number of thioether (sulfide) groups is 1. The van der Waals surface area contributed by atoms with Crippen LogP contribution in [0.1, 0.15) is 55.8 Å². The zero-order valence-corrected chi connectivity index (χ0v) is 19.5. The average molecular weight is 465 g/mol. The lowest BCUT2D eigenvalue weighted by atomic mass is 9.95. The molecule has 0 saturated heterocycles. The summed E-state index contributed by atoms with van der Waals surface area (Å²) in [5.41, 5.74) is 0.772. The quantitative estimate of drug-likeness (QED) is 0.435. The van der Waals surface area contributed by atoms with Crippen LogP contribution in [-0.2, 0) is 14.3 Å². The summed E-state index contributed by atoms with van der Waals surface area (Å²) in [4.78, 5) is 42.2. The monoisotopic (exact) mass is 464 g/mol. The molecule has 4 rings (SSSR count). The molecule has 2 aromatic carbocycles. The normalized spacial score (nSPS) is 16.9. The average Bonchev–Trinajstić information content (AvgIpc) is 3.07. The maximum atomic E-state index is 13.6. The van der Waals surface area contributed by atoms with Crippen LogP contribution in [0.3, 0.4) is 0 Å². The van der Waals surface area contributed by atoms with E-state index in [2.05, 4.69) is 5.32 Å². The number of rotatable bonds is 8. The van der Waals surface area contributed by atoms with Crippen molar-refractivity contribution in [2.24, 2.45) is 0 Å². The predicted molar refractivity (Wildman–Crippen MR) is 129 cm³/mol. The van der Waals surface area contributed by atoms with E-state index >= 15 is 0 Å². The molecule has 0 aromatic heterocycles. The maximum Gasteiger partial charge on any atom is 0.340 e. The highest BCUT2D eigenvalue weighted by Gasteiger charge is 2.42. The molecule has 1 N–H and O–H groups in total. The Kier molecular flexibility index (Phi) is 7.50. The number of hydrogen-bond acceptors (Lipinski definition) is 6. The molecule has 0 bridgehead atoms. The molecule has 33 heavy (non-hydrogen) atoms. The molecule has 7 heteroatoms. The zero-order valence-electron chi connectivity index (χ0n) is 18.7. The minimum atomic E-state index is -0.543.